The Labute approximate surface area is 183 Å². The van der Waals surface area contributed by atoms with Crippen LogP contribution in [0.4, 0.5) is 0 Å². The minimum absolute atomic E-state index is 0.0115. The Kier molecular flexibility index (Phi) is 9.00. The highest BCUT2D eigenvalue weighted by atomic mass is 16.5. The fraction of sp³-hybridized carbons (Fsp3) is 0.458. The zero-order valence-electron chi connectivity index (χ0n) is 19.1. The number of methoxy groups -OCH3 is 4. The van der Waals surface area contributed by atoms with Gasteiger partial charge in [-0.3, -0.25) is 4.79 Å². The number of carbonyl (C=O) groups is 1. The van der Waals surface area contributed by atoms with E-state index in [4.69, 9.17) is 23.7 Å². The van der Waals surface area contributed by atoms with E-state index in [1.165, 1.54) is 14.2 Å². The second-order valence-corrected chi connectivity index (χ2v) is 7.45. The van der Waals surface area contributed by atoms with Gasteiger partial charge in [-0.1, -0.05) is 19.1 Å². The molecule has 31 heavy (non-hydrogen) atoms. The molecule has 1 N–H and O–H groups in total. The van der Waals surface area contributed by atoms with Crippen molar-refractivity contribution in [2.75, 3.05) is 35.0 Å². The topological polar surface area (TPSA) is 83.5 Å². The molecule has 0 aromatic heterocycles. The van der Waals surface area contributed by atoms with E-state index < -0.39 is 11.9 Å². The summed E-state index contributed by atoms with van der Waals surface area (Å²) in [6.45, 7) is 4.68. The Morgan fingerprint density at radius 2 is 1.61 bits per heavy atom. The maximum Gasteiger partial charge on any atom is 0.311 e. The summed E-state index contributed by atoms with van der Waals surface area (Å²) in [4.78, 5) is 12.1. The number of aliphatic carboxylic acids is 1. The van der Waals surface area contributed by atoms with Crippen molar-refractivity contribution in [1.82, 2.24) is 0 Å². The molecule has 2 rings (SSSR count). The van der Waals surface area contributed by atoms with E-state index in [2.05, 4.69) is 0 Å². The van der Waals surface area contributed by atoms with E-state index in [9.17, 15) is 9.90 Å². The predicted molar refractivity (Wildman–Crippen MR) is 118 cm³/mol. The fourth-order valence-electron chi connectivity index (χ4n) is 3.64. The molecule has 0 aliphatic carbocycles. The number of carboxylic acids is 1. The lowest BCUT2D eigenvalue weighted by molar-refractivity contribution is -0.139. The first kappa shape index (κ1) is 24.3. The molecule has 0 unspecified atom stereocenters. The summed E-state index contributed by atoms with van der Waals surface area (Å²) in [6, 6.07) is 9.35. The highest BCUT2D eigenvalue weighted by Crippen LogP contribution is 2.44. The summed E-state index contributed by atoms with van der Waals surface area (Å²) in [5.74, 6) is 0.614. The van der Waals surface area contributed by atoms with E-state index in [1.54, 1.807) is 20.3 Å². The van der Waals surface area contributed by atoms with Crippen molar-refractivity contribution in [3.8, 4) is 23.0 Å². The highest BCUT2D eigenvalue weighted by molar-refractivity contribution is 5.78. The fourth-order valence-corrected chi connectivity index (χ4v) is 3.64. The van der Waals surface area contributed by atoms with Gasteiger partial charge in [-0.05, 0) is 43.0 Å². The lowest BCUT2D eigenvalue weighted by atomic mass is 9.87. The van der Waals surface area contributed by atoms with E-state index in [0.29, 0.717) is 48.0 Å². The van der Waals surface area contributed by atoms with Crippen LogP contribution in [-0.2, 0) is 16.1 Å². The van der Waals surface area contributed by atoms with Gasteiger partial charge in [0.25, 0.3) is 0 Å². The number of benzene rings is 2. The summed E-state index contributed by atoms with van der Waals surface area (Å²) in [5, 5.41) is 9.95. The molecular weight excluding hydrogens is 400 g/mol. The molecule has 0 aliphatic heterocycles. The van der Waals surface area contributed by atoms with Gasteiger partial charge in [-0.2, -0.15) is 0 Å². The number of ether oxygens (including phenoxy) is 5. The van der Waals surface area contributed by atoms with Crippen LogP contribution in [0.1, 0.15) is 36.0 Å². The third-order valence-corrected chi connectivity index (χ3v) is 5.22. The van der Waals surface area contributed by atoms with E-state index in [-0.39, 0.29) is 5.92 Å². The normalized spacial score (nSPS) is 12.7. The minimum atomic E-state index is -0.924. The molecule has 0 aliphatic rings. The molecule has 2 aromatic rings. The van der Waals surface area contributed by atoms with Gasteiger partial charge >= 0.3 is 5.97 Å². The summed E-state index contributed by atoms with van der Waals surface area (Å²) in [6.07, 6.45) is 0.392. The van der Waals surface area contributed by atoms with Crippen LogP contribution in [0, 0.1) is 12.8 Å². The van der Waals surface area contributed by atoms with Crippen LogP contribution in [0.3, 0.4) is 0 Å². The molecule has 0 fully saturated rings. The maximum absolute atomic E-state index is 12.1. The van der Waals surface area contributed by atoms with Crippen LogP contribution in [-0.4, -0.2) is 46.1 Å². The zero-order chi connectivity index (χ0) is 23.0. The number of rotatable bonds is 12. The van der Waals surface area contributed by atoms with Gasteiger partial charge in [0, 0.05) is 17.7 Å². The van der Waals surface area contributed by atoms with Crippen molar-refractivity contribution >= 4 is 5.97 Å². The summed E-state index contributed by atoms with van der Waals surface area (Å²) in [7, 11) is 6.22. The molecule has 0 saturated carbocycles. The molecule has 0 radical (unpaired) electrons. The van der Waals surface area contributed by atoms with Crippen LogP contribution in [0.2, 0.25) is 0 Å². The smallest absolute Gasteiger partial charge is 0.311 e. The highest BCUT2D eigenvalue weighted by Gasteiger charge is 2.29. The molecule has 170 valence electrons. The SMILES string of the molecule is COc1ccc(COC[C@@H](C)C[C@@H](C(=O)O)c2cc(OC)c(OC)c(C)c2OC)cc1. The first-order valence-corrected chi connectivity index (χ1v) is 10.1. The molecule has 0 spiro atoms. The predicted octanol–water partition coefficient (Wildman–Crippen LogP) is 4.44. The summed E-state index contributed by atoms with van der Waals surface area (Å²) in [5.41, 5.74) is 2.29. The second-order valence-electron chi connectivity index (χ2n) is 7.45. The average Bonchev–Trinajstić information content (AvgIpc) is 2.77. The standard InChI is InChI=1S/C24H32O7/c1-15(13-31-14-17-7-9-18(27-3)10-8-17)11-20(24(25)26)19-12-21(28-4)23(30-6)16(2)22(19)29-5/h7-10,12,15,20H,11,13-14H2,1-6H3,(H,25,26)/t15-,20+/m0/s1. The Bertz CT molecular complexity index is 861. The molecule has 7 nitrogen and oxygen atoms in total. The minimum Gasteiger partial charge on any atom is -0.497 e. The average molecular weight is 433 g/mol. The van der Waals surface area contributed by atoms with Gasteiger partial charge in [0.15, 0.2) is 11.5 Å². The van der Waals surface area contributed by atoms with Crippen molar-refractivity contribution < 1.29 is 33.6 Å². The van der Waals surface area contributed by atoms with Gasteiger partial charge < -0.3 is 28.8 Å². The van der Waals surface area contributed by atoms with Crippen molar-refractivity contribution in [3.63, 3.8) is 0 Å². The van der Waals surface area contributed by atoms with Crippen molar-refractivity contribution in [3.05, 3.63) is 47.0 Å². The Morgan fingerprint density at radius 1 is 0.968 bits per heavy atom. The molecule has 7 heteroatoms. The van der Waals surface area contributed by atoms with E-state index in [0.717, 1.165) is 11.3 Å². The van der Waals surface area contributed by atoms with Crippen molar-refractivity contribution in [2.24, 2.45) is 5.92 Å². The van der Waals surface area contributed by atoms with Crippen LogP contribution >= 0.6 is 0 Å². The van der Waals surface area contributed by atoms with E-state index in [1.807, 2.05) is 38.1 Å². The molecule has 0 saturated heterocycles. The molecule has 2 aromatic carbocycles. The van der Waals surface area contributed by atoms with Gasteiger partial charge in [-0.25, -0.2) is 0 Å². The second kappa shape index (κ2) is 11.5. The quantitative estimate of drug-likeness (QED) is 0.531. The lowest BCUT2D eigenvalue weighted by Crippen LogP contribution is -2.19. The Hall–Kier alpha value is -2.93. The number of hydrogen-bond donors (Lipinski definition) is 1. The summed E-state index contributed by atoms with van der Waals surface area (Å²) < 4.78 is 27.4. The maximum atomic E-state index is 12.1. The third-order valence-electron chi connectivity index (χ3n) is 5.22. The van der Waals surface area contributed by atoms with Gasteiger partial charge in [0.05, 0.1) is 41.0 Å². The van der Waals surface area contributed by atoms with Crippen LogP contribution in [0.25, 0.3) is 0 Å². The largest absolute Gasteiger partial charge is 0.497 e. The zero-order valence-corrected chi connectivity index (χ0v) is 19.1. The van der Waals surface area contributed by atoms with Gasteiger partial charge in [0.2, 0.25) is 0 Å². The monoisotopic (exact) mass is 432 g/mol. The van der Waals surface area contributed by atoms with Crippen LogP contribution in [0.15, 0.2) is 30.3 Å². The van der Waals surface area contributed by atoms with Crippen molar-refractivity contribution in [2.45, 2.75) is 32.8 Å². The Balaban J connectivity index is 2.13. The van der Waals surface area contributed by atoms with Crippen LogP contribution < -0.4 is 18.9 Å². The molecule has 0 amide bonds. The Morgan fingerprint density at radius 3 is 2.13 bits per heavy atom. The van der Waals surface area contributed by atoms with Crippen LogP contribution in [0.5, 0.6) is 23.0 Å². The molecule has 0 heterocycles. The molecular formula is C24H32O7. The van der Waals surface area contributed by atoms with E-state index >= 15 is 0 Å². The van der Waals surface area contributed by atoms with Gasteiger partial charge in [-0.15, -0.1) is 0 Å². The molecule has 0 bridgehead atoms. The molecule has 2 atom stereocenters. The lowest BCUT2D eigenvalue weighted by Gasteiger charge is -2.23. The third kappa shape index (κ3) is 6.04. The first-order valence-electron chi connectivity index (χ1n) is 10.1. The van der Waals surface area contributed by atoms with Gasteiger partial charge in [0.1, 0.15) is 11.5 Å². The summed E-state index contributed by atoms with van der Waals surface area (Å²) >= 11 is 0. The van der Waals surface area contributed by atoms with Crippen molar-refractivity contribution in [1.29, 1.82) is 0 Å². The first-order chi connectivity index (χ1) is 14.9. The number of hydrogen-bond acceptors (Lipinski definition) is 6. The number of carboxylic acid groups (broad SMARTS) is 1.